The quantitative estimate of drug-likeness (QED) is 0.639. The average molecular weight is 153 g/mol. The third-order valence-electron chi connectivity index (χ3n) is 1.33. The summed E-state index contributed by atoms with van der Waals surface area (Å²) in [6, 6.07) is 10.2. The Balaban J connectivity index is 0.000000461. The van der Waals surface area contributed by atoms with Crippen LogP contribution in [-0.4, -0.2) is 12.2 Å². The van der Waals surface area contributed by atoms with Crippen molar-refractivity contribution in [3.63, 3.8) is 0 Å². The summed E-state index contributed by atoms with van der Waals surface area (Å²) in [4.78, 5) is 0. The van der Waals surface area contributed by atoms with Crippen LogP contribution in [0, 0.1) is 0 Å². The first-order valence-corrected chi connectivity index (χ1v) is 3.56. The van der Waals surface area contributed by atoms with Crippen LogP contribution < -0.4 is 5.73 Å². The van der Waals surface area contributed by atoms with Crippen molar-refractivity contribution in [3.05, 3.63) is 35.9 Å². The van der Waals surface area contributed by atoms with Crippen LogP contribution in [0.5, 0.6) is 0 Å². The molecule has 3 N–H and O–H groups in total. The minimum Gasteiger partial charge on any atom is -0.400 e. The summed E-state index contributed by atoms with van der Waals surface area (Å²) in [5.74, 6) is 0. The van der Waals surface area contributed by atoms with Gasteiger partial charge in [0.05, 0.1) is 0 Å². The molecule has 0 heterocycles. The van der Waals surface area contributed by atoms with Crippen molar-refractivity contribution in [3.8, 4) is 0 Å². The van der Waals surface area contributed by atoms with Gasteiger partial charge in [-0.2, -0.15) is 0 Å². The molecule has 11 heavy (non-hydrogen) atoms. The Bertz CT molecular complexity index is 172. The van der Waals surface area contributed by atoms with Crippen LogP contribution >= 0.6 is 0 Å². The molecule has 1 atom stereocenters. The van der Waals surface area contributed by atoms with E-state index >= 15 is 0 Å². The summed E-state index contributed by atoms with van der Waals surface area (Å²) in [5.41, 5.74) is 6.81. The third-order valence-corrected chi connectivity index (χ3v) is 1.33. The van der Waals surface area contributed by atoms with Gasteiger partial charge in [0.2, 0.25) is 0 Å². The summed E-state index contributed by atoms with van der Waals surface area (Å²) >= 11 is 0. The lowest BCUT2D eigenvalue weighted by Gasteiger charge is -2.02. The minimum absolute atomic E-state index is 0.159. The van der Waals surface area contributed by atoms with Crippen LogP contribution in [0.15, 0.2) is 30.3 Å². The van der Waals surface area contributed by atoms with Crippen LogP contribution in [0.2, 0.25) is 0 Å². The zero-order valence-corrected chi connectivity index (χ0v) is 6.99. The van der Waals surface area contributed by atoms with Crippen molar-refractivity contribution in [2.75, 3.05) is 7.11 Å². The lowest BCUT2D eigenvalue weighted by atomic mass is 10.1. The van der Waals surface area contributed by atoms with Crippen molar-refractivity contribution < 1.29 is 5.11 Å². The van der Waals surface area contributed by atoms with Crippen molar-refractivity contribution in [1.82, 2.24) is 0 Å². The molecular weight excluding hydrogens is 138 g/mol. The molecule has 1 rings (SSSR count). The first kappa shape index (κ1) is 10.1. The van der Waals surface area contributed by atoms with Crippen molar-refractivity contribution in [1.29, 1.82) is 0 Å². The first-order chi connectivity index (χ1) is 5.30. The van der Waals surface area contributed by atoms with Crippen LogP contribution in [0.3, 0.4) is 0 Å². The van der Waals surface area contributed by atoms with Gasteiger partial charge in [0.15, 0.2) is 0 Å². The van der Waals surface area contributed by atoms with Crippen molar-refractivity contribution in [2.24, 2.45) is 5.73 Å². The van der Waals surface area contributed by atoms with E-state index in [0.29, 0.717) is 0 Å². The molecule has 0 saturated carbocycles. The topological polar surface area (TPSA) is 46.2 Å². The Morgan fingerprint density at radius 3 is 1.91 bits per heavy atom. The Morgan fingerprint density at radius 2 is 1.64 bits per heavy atom. The fourth-order valence-electron chi connectivity index (χ4n) is 0.757. The second kappa shape index (κ2) is 5.89. The van der Waals surface area contributed by atoms with Gasteiger partial charge in [0, 0.05) is 13.2 Å². The van der Waals surface area contributed by atoms with E-state index in [1.807, 2.05) is 37.3 Å². The smallest absolute Gasteiger partial charge is 0.0319 e. The maximum Gasteiger partial charge on any atom is 0.0319 e. The number of nitrogens with two attached hydrogens (primary N) is 1. The highest BCUT2D eigenvalue weighted by atomic mass is 16.2. The van der Waals surface area contributed by atoms with Crippen LogP contribution in [-0.2, 0) is 0 Å². The van der Waals surface area contributed by atoms with E-state index in [1.165, 1.54) is 5.56 Å². The average Bonchev–Trinajstić information content (AvgIpc) is 2.10. The Kier molecular flexibility index (Phi) is 5.43. The number of aliphatic hydroxyl groups excluding tert-OH is 1. The zero-order valence-electron chi connectivity index (χ0n) is 6.99. The highest BCUT2D eigenvalue weighted by Gasteiger charge is 1.93. The molecule has 62 valence electrons. The van der Waals surface area contributed by atoms with Crippen LogP contribution in [0.25, 0.3) is 0 Å². The normalized spacial score (nSPS) is 11.3. The van der Waals surface area contributed by atoms with E-state index in [-0.39, 0.29) is 6.04 Å². The molecular formula is C9H15NO. The van der Waals surface area contributed by atoms with Gasteiger partial charge in [0.25, 0.3) is 0 Å². The second-order valence-electron chi connectivity index (χ2n) is 2.20. The summed E-state index contributed by atoms with van der Waals surface area (Å²) in [6.07, 6.45) is 0. The predicted molar refractivity (Wildman–Crippen MR) is 47.2 cm³/mol. The Morgan fingerprint density at radius 1 is 1.18 bits per heavy atom. The molecule has 0 bridgehead atoms. The molecule has 0 spiro atoms. The van der Waals surface area contributed by atoms with Crippen molar-refractivity contribution in [2.45, 2.75) is 13.0 Å². The SMILES string of the molecule is CC(N)c1ccccc1.CO. The van der Waals surface area contributed by atoms with Gasteiger partial charge in [-0.1, -0.05) is 30.3 Å². The fourth-order valence-corrected chi connectivity index (χ4v) is 0.757. The number of hydrogen-bond donors (Lipinski definition) is 2. The number of hydrogen-bond acceptors (Lipinski definition) is 2. The van der Waals surface area contributed by atoms with Gasteiger partial charge in [-0.15, -0.1) is 0 Å². The molecule has 0 radical (unpaired) electrons. The van der Waals surface area contributed by atoms with E-state index in [4.69, 9.17) is 10.8 Å². The van der Waals surface area contributed by atoms with E-state index in [9.17, 15) is 0 Å². The third kappa shape index (κ3) is 3.75. The highest BCUT2D eigenvalue weighted by molar-refractivity contribution is 5.17. The molecule has 2 nitrogen and oxygen atoms in total. The lowest BCUT2D eigenvalue weighted by Crippen LogP contribution is -2.03. The molecule has 0 saturated heterocycles. The summed E-state index contributed by atoms with van der Waals surface area (Å²) in [5, 5.41) is 7.00. The standard InChI is InChI=1S/C8H11N.CH4O/c1-7(9)8-5-3-2-4-6-8;1-2/h2-7H,9H2,1H3;2H,1H3. The predicted octanol–water partition coefficient (Wildman–Crippen LogP) is 1.31. The van der Waals surface area contributed by atoms with E-state index in [1.54, 1.807) is 0 Å². The number of aliphatic hydroxyl groups is 1. The molecule has 0 aliphatic rings. The summed E-state index contributed by atoms with van der Waals surface area (Å²) < 4.78 is 0. The van der Waals surface area contributed by atoms with Gasteiger partial charge in [-0.25, -0.2) is 0 Å². The van der Waals surface area contributed by atoms with Gasteiger partial charge >= 0.3 is 0 Å². The van der Waals surface area contributed by atoms with E-state index < -0.39 is 0 Å². The Hall–Kier alpha value is -0.860. The minimum atomic E-state index is 0.159. The number of rotatable bonds is 1. The molecule has 1 aromatic rings. The lowest BCUT2D eigenvalue weighted by molar-refractivity contribution is 0.399. The number of benzene rings is 1. The summed E-state index contributed by atoms with van der Waals surface area (Å²) in [7, 11) is 1.00. The molecule has 0 fully saturated rings. The largest absolute Gasteiger partial charge is 0.400 e. The van der Waals surface area contributed by atoms with Crippen LogP contribution in [0.1, 0.15) is 18.5 Å². The molecule has 0 aliphatic carbocycles. The van der Waals surface area contributed by atoms with Gasteiger partial charge in [0.1, 0.15) is 0 Å². The zero-order chi connectivity index (χ0) is 8.69. The first-order valence-electron chi connectivity index (χ1n) is 3.56. The molecule has 0 aromatic heterocycles. The van der Waals surface area contributed by atoms with Gasteiger partial charge < -0.3 is 10.8 Å². The van der Waals surface area contributed by atoms with E-state index in [2.05, 4.69) is 0 Å². The monoisotopic (exact) mass is 153 g/mol. The van der Waals surface area contributed by atoms with Crippen LogP contribution in [0.4, 0.5) is 0 Å². The Labute approximate surface area is 67.7 Å². The fraction of sp³-hybridized carbons (Fsp3) is 0.333. The molecule has 1 unspecified atom stereocenters. The molecule has 1 aromatic carbocycles. The van der Waals surface area contributed by atoms with Gasteiger partial charge in [-0.3, -0.25) is 0 Å². The van der Waals surface area contributed by atoms with E-state index in [0.717, 1.165) is 7.11 Å². The maximum absolute atomic E-state index is 7.00. The van der Waals surface area contributed by atoms with Gasteiger partial charge in [-0.05, 0) is 12.5 Å². The molecule has 0 amide bonds. The molecule has 2 heteroatoms. The highest BCUT2D eigenvalue weighted by Crippen LogP contribution is 2.06. The maximum atomic E-state index is 7.00. The summed E-state index contributed by atoms with van der Waals surface area (Å²) in [6.45, 7) is 1.98. The second-order valence-corrected chi connectivity index (χ2v) is 2.20. The van der Waals surface area contributed by atoms with Crippen molar-refractivity contribution >= 4 is 0 Å². The molecule has 0 aliphatic heterocycles.